The van der Waals surface area contributed by atoms with Crippen LogP contribution in [-0.2, 0) is 14.6 Å². The standard InChI is InChI=1S/C20H30N2O3S2/c1-3-4-5-6-7-8-9-10-11-12-19(23)22-20-21-17-14-13-16(27(2,24)25)15-18(17)26-20/h13-15H,3-12H2,1-2H3,(H,21,22,23). The van der Waals surface area contributed by atoms with Crippen LogP contribution < -0.4 is 5.32 Å². The Morgan fingerprint density at radius 3 is 2.30 bits per heavy atom. The molecule has 0 aliphatic rings. The molecule has 0 saturated heterocycles. The molecule has 1 aromatic carbocycles. The number of unbranched alkanes of at least 4 members (excludes halogenated alkanes) is 8. The maximum atomic E-state index is 12.1. The smallest absolute Gasteiger partial charge is 0.226 e. The molecule has 27 heavy (non-hydrogen) atoms. The van der Waals surface area contributed by atoms with Gasteiger partial charge in [0.2, 0.25) is 5.91 Å². The van der Waals surface area contributed by atoms with Gasteiger partial charge in [0.25, 0.3) is 0 Å². The van der Waals surface area contributed by atoms with E-state index in [0.29, 0.717) is 17.1 Å². The van der Waals surface area contributed by atoms with Gasteiger partial charge in [-0.3, -0.25) is 4.79 Å². The number of hydrogen-bond donors (Lipinski definition) is 1. The van der Waals surface area contributed by atoms with Crippen molar-refractivity contribution in [1.29, 1.82) is 0 Å². The minimum absolute atomic E-state index is 0.0275. The van der Waals surface area contributed by atoms with Gasteiger partial charge in [-0.2, -0.15) is 0 Å². The number of carbonyl (C=O) groups is 1. The SMILES string of the molecule is CCCCCCCCCCCC(=O)Nc1nc2ccc(S(C)(=O)=O)cc2s1. The molecular weight excluding hydrogens is 380 g/mol. The van der Waals surface area contributed by atoms with Crippen LogP contribution in [0.15, 0.2) is 23.1 Å². The lowest BCUT2D eigenvalue weighted by molar-refractivity contribution is -0.116. The predicted molar refractivity (Wildman–Crippen MR) is 113 cm³/mol. The summed E-state index contributed by atoms with van der Waals surface area (Å²) in [4.78, 5) is 16.7. The van der Waals surface area contributed by atoms with Gasteiger partial charge in [0.15, 0.2) is 15.0 Å². The van der Waals surface area contributed by atoms with Crippen molar-refractivity contribution >= 4 is 42.4 Å². The van der Waals surface area contributed by atoms with E-state index in [1.54, 1.807) is 18.2 Å². The number of benzene rings is 1. The number of nitrogens with one attached hydrogen (secondary N) is 1. The molecule has 7 heteroatoms. The van der Waals surface area contributed by atoms with E-state index in [1.807, 2.05) is 0 Å². The average molecular weight is 411 g/mol. The van der Waals surface area contributed by atoms with Gasteiger partial charge >= 0.3 is 0 Å². The first-order valence-electron chi connectivity index (χ1n) is 9.80. The molecule has 5 nitrogen and oxygen atoms in total. The lowest BCUT2D eigenvalue weighted by atomic mass is 10.1. The Kier molecular flexibility index (Phi) is 8.70. The third-order valence-corrected chi connectivity index (χ3v) is 6.59. The van der Waals surface area contributed by atoms with Gasteiger partial charge in [-0.15, -0.1) is 0 Å². The number of anilines is 1. The highest BCUT2D eigenvalue weighted by Gasteiger charge is 2.12. The van der Waals surface area contributed by atoms with Crippen LogP contribution in [0.25, 0.3) is 10.2 Å². The second-order valence-corrected chi connectivity index (χ2v) is 10.1. The van der Waals surface area contributed by atoms with E-state index in [0.717, 1.165) is 17.5 Å². The van der Waals surface area contributed by atoms with Gasteiger partial charge in [-0.25, -0.2) is 13.4 Å². The molecule has 2 rings (SSSR count). The molecule has 0 bridgehead atoms. The van der Waals surface area contributed by atoms with E-state index in [1.165, 1.54) is 62.5 Å². The summed E-state index contributed by atoms with van der Waals surface area (Å²) in [5.41, 5.74) is 0.700. The van der Waals surface area contributed by atoms with Gasteiger partial charge in [0.05, 0.1) is 15.1 Å². The molecule has 150 valence electrons. The summed E-state index contributed by atoms with van der Waals surface area (Å²) in [5.74, 6) is -0.0275. The first-order valence-corrected chi connectivity index (χ1v) is 12.5. The number of fused-ring (bicyclic) bond motifs is 1. The summed E-state index contributed by atoms with van der Waals surface area (Å²) in [6.45, 7) is 2.23. The highest BCUT2D eigenvalue weighted by molar-refractivity contribution is 7.90. The van der Waals surface area contributed by atoms with Crippen LogP contribution in [0.2, 0.25) is 0 Å². The molecule has 0 radical (unpaired) electrons. The largest absolute Gasteiger partial charge is 0.302 e. The Balaban J connectivity index is 1.71. The number of amides is 1. The molecule has 0 saturated carbocycles. The maximum absolute atomic E-state index is 12.1. The van der Waals surface area contributed by atoms with E-state index < -0.39 is 9.84 Å². The Morgan fingerprint density at radius 1 is 1.04 bits per heavy atom. The first-order chi connectivity index (χ1) is 12.9. The van der Waals surface area contributed by atoms with Gasteiger partial charge in [0, 0.05) is 12.7 Å². The Labute approximate surface area is 166 Å². The van der Waals surface area contributed by atoms with Gasteiger partial charge in [0.1, 0.15) is 0 Å². The predicted octanol–water partition coefficient (Wildman–Crippen LogP) is 5.56. The van der Waals surface area contributed by atoms with Crippen LogP contribution >= 0.6 is 11.3 Å². The average Bonchev–Trinajstić information content (AvgIpc) is 3.00. The Hall–Kier alpha value is -1.47. The van der Waals surface area contributed by atoms with E-state index in [9.17, 15) is 13.2 Å². The number of sulfone groups is 1. The Bertz CT molecular complexity index is 844. The van der Waals surface area contributed by atoms with E-state index in [-0.39, 0.29) is 10.8 Å². The molecular formula is C20H30N2O3S2. The van der Waals surface area contributed by atoms with Crippen LogP contribution in [0, 0.1) is 0 Å². The molecule has 0 aliphatic heterocycles. The third kappa shape index (κ3) is 7.58. The van der Waals surface area contributed by atoms with Crippen LogP contribution in [-0.4, -0.2) is 25.6 Å². The summed E-state index contributed by atoms with van der Waals surface area (Å²) in [6.07, 6.45) is 12.7. The third-order valence-electron chi connectivity index (χ3n) is 4.54. The number of rotatable bonds is 12. The molecule has 0 aliphatic carbocycles. The summed E-state index contributed by atoms with van der Waals surface area (Å²) in [6, 6.07) is 4.84. The van der Waals surface area contributed by atoms with Crippen molar-refractivity contribution in [2.45, 2.75) is 76.0 Å². The molecule has 0 spiro atoms. The van der Waals surface area contributed by atoms with E-state index in [2.05, 4.69) is 17.2 Å². The number of carbonyl (C=O) groups excluding carboxylic acids is 1. The fraction of sp³-hybridized carbons (Fsp3) is 0.600. The summed E-state index contributed by atoms with van der Waals surface area (Å²) >= 11 is 1.31. The summed E-state index contributed by atoms with van der Waals surface area (Å²) in [7, 11) is -3.24. The van der Waals surface area contributed by atoms with Crippen LogP contribution in [0.5, 0.6) is 0 Å². The first kappa shape index (κ1) is 21.8. The topological polar surface area (TPSA) is 76.1 Å². The zero-order chi connectivity index (χ0) is 19.7. The number of nitrogens with zero attached hydrogens (tertiary/aromatic N) is 1. The zero-order valence-corrected chi connectivity index (χ0v) is 17.9. The van der Waals surface area contributed by atoms with Gasteiger partial charge in [-0.1, -0.05) is 69.6 Å². The molecule has 0 unspecified atom stereocenters. The minimum atomic E-state index is -3.24. The number of thiazole rings is 1. The van der Waals surface area contributed by atoms with Crippen molar-refractivity contribution in [3.8, 4) is 0 Å². The maximum Gasteiger partial charge on any atom is 0.226 e. The quantitative estimate of drug-likeness (QED) is 0.465. The van der Waals surface area contributed by atoms with Crippen molar-refractivity contribution in [2.24, 2.45) is 0 Å². The van der Waals surface area contributed by atoms with Gasteiger partial charge < -0.3 is 5.32 Å². The fourth-order valence-corrected chi connectivity index (χ4v) is 4.61. The van der Waals surface area contributed by atoms with Crippen molar-refractivity contribution in [2.75, 3.05) is 11.6 Å². The highest BCUT2D eigenvalue weighted by Crippen LogP contribution is 2.28. The minimum Gasteiger partial charge on any atom is -0.302 e. The second-order valence-electron chi connectivity index (χ2n) is 7.05. The summed E-state index contributed by atoms with van der Waals surface area (Å²) in [5, 5.41) is 3.36. The monoisotopic (exact) mass is 410 g/mol. The molecule has 0 fully saturated rings. The normalized spacial score (nSPS) is 11.8. The number of aromatic nitrogens is 1. The lowest BCUT2D eigenvalue weighted by Gasteiger charge is -2.02. The molecule has 0 atom stereocenters. The van der Waals surface area contributed by atoms with Crippen LogP contribution in [0.3, 0.4) is 0 Å². The molecule has 1 heterocycles. The highest BCUT2D eigenvalue weighted by atomic mass is 32.2. The molecule has 2 aromatic rings. The molecule has 1 aromatic heterocycles. The van der Waals surface area contributed by atoms with Crippen molar-refractivity contribution in [1.82, 2.24) is 4.98 Å². The van der Waals surface area contributed by atoms with E-state index >= 15 is 0 Å². The van der Waals surface area contributed by atoms with Crippen molar-refractivity contribution < 1.29 is 13.2 Å². The zero-order valence-electron chi connectivity index (χ0n) is 16.3. The lowest BCUT2D eigenvalue weighted by Crippen LogP contribution is -2.10. The molecule has 1 amide bonds. The van der Waals surface area contributed by atoms with Gasteiger partial charge in [-0.05, 0) is 24.6 Å². The van der Waals surface area contributed by atoms with Crippen LogP contribution in [0.4, 0.5) is 5.13 Å². The molecule has 1 N–H and O–H groups in total. The number of hydrogen-bond acceptors (Lipinski definition) is 5. The van der Waals surface area contributed by atoms with Crippen molar-refractivity contribution in [3.05, 3.63) is 18.2 Å². The summed E-state index contributed by atoms with van der Waals surface area (Å²) < 4.78 is 24.0. The van der Waals surface area contributed by atoms with E-state index in [4.69, 9.17) is 0 Å². The van der Waals surface area contributed by atoms with Crippen LogP contribution in [0.1, 0.15) is 71.1 Å². The second kappa shape index (κ2) is 10.8. The Morgan fingerprint density at radius 2 is 1.67 bits per heavy atom. The van der Waals surface area contributed by atoms with Crippen molar-refractivity contribution in [3.63, 3.8) is 0 Å². The fourth-order valence-electron chi connectivity index (χ4n) is 2.97.